The third kappa shape index (κ3) is 2.86. The molecule has 1 heterocycles. The maximum atomic E-state index is 12.0. The minimum atomic E-state index is -0.0365. The average molecular weight is 282 g/mol. The van der Waals surface area contributed by atoms with Crippen molar-refractivity contribution in [2.75, 3.05) is 5.32 Å². The SMILES string of the molecule is Cc1nc(CC(=O)Nc2ccc3ccccc3c2)cs1. The van der Waals surface area contributed by atoms with Crippen molar-refractivity contribution in [2.45, 2.75) is 13.3 Å². The molecule has 3 rings (SSSR count). The Morgan fingerprint density at radius 3 is 2.75 bits per heavy atom. The number of rotatable bonds is 3. The van der Waals surface area contributed by atoms with Crippen LogP contribution >= 0.6 is 11.3 Å². The summed E-state index contributed by atoms with van der Waals surface area (Å²) in [6.45, 7) is 1.94. The molecule has 3 nitrogen and oxygen atoms in total. The Balaban J connectivity index is 1.73. The molecule has 4 heteroatoms. The van der Waals surface area contributed by atoms with Crippen molar-refractivity contribution in [2.24, 2.45) is 0 Å². The second kappa shape index (κ2) is 5.43. The molecule has 1 aromatic heterocycles. The van der Waals surface area contributed by atoms with Gasteiger partial charge in [0.15, 0.2) is 0 Å². The first-order valence-electron chi connectivity index (χ1n) is 6.40. The topological polar surface area (TPSA) is 42.0 Å². The number of carbonyl (C=O) groups excluding carboxylic acids is 1. The second-order valence-corrected chi connectivity index (χ2v) is 5.71. The van der Waals surface area contributed by atoms with Gasteiger partial charge in [-0.05, 0) is 29.8 Å². The number of carbonyl (C=O) groups is 1. The molecule has 0 radical (unpaired) electrons. The number of benzene rings is 2. The van der Waals surface area contributed by atoms with Crippen molar-refractivity contribution in [3.63, 3.8) is 0 Å². The van der Waals surface area contributed by atoms with E-state index in [9.17, 15) is 4.79 Å². The van der Waals surface area contributed by atoms with E-state index in [-0.39, 0.29) is 5.91 Å². The van der Waals surface area contributed by atoms with Gasteiger partial charge < -0.3 is 5.32 Å². The molecule has 0 aliphatic rings. The highest BCUT2D eigenvalue weighted by atomic mass is 32.1. The molecule has 0 saturated heterocycles. The first-order valence-corrected chi connectivity index (χ1v) is 7.28. The van der Waals surface area contributed by atoms with E-state index in [2.05, 4.69) is 16.4 Å². The molecule has 0 saturated carbocycles. The summed E-state index contributed by atoms with van der Waals surface area (Å²) < 4.78 is 0. The molecule has 100 valence electrons. The van der Waals surface area contributed by atoms with E-state index >= 15 is 0 Å². The van der Waals surface area contributed by atoms with Gasteiger partial charge in [0.2, 0.25) is 5.91 Å². The summed E-state index contributed by atoms with van der Waals surface area (Å²) in [5.74, 6) is -0.0365. The first-order chi connectivity index (χ1) is 9.70. The molecule has 0 fully saturated rings. The van der Waals surface area contributed by atoms with E-state index in [4.69, 9.17) is 0 Å². The number of fused-ring (bicyclic) bond motifs is 1. The van der Waals surface area contributed by atoms with Gasteiger partial charge in [-0.3, -0.25) is 4.79 Å². The Morgan fingerprint density at radius 1 is 1.20 bits per heavy atom. The molecule has 3 aromatic rings. The Bertz CT molecular complexity index is 764. The molecular weight excluding hydrogens is 268 g/mol. The van der Waals surface area contributed by atoms with Crippen molar-refractivity contribution in [1.29, 1.82) is 0 Å². The van der Waals surface area contributed by atoms with E-state index in [1.54, 1.807) is 11.3 Å². The summed E-state index contributed by atoms with van der Waals surface area (Å²) in [6, 6.07) is 14.0. The fraction of sp³-hybridized carbons (Fsp3) is 0.125. The quantitative estimate of drug-likeness (QED) is 0.794. The average Bonchev–Trinajstić information content (AvgIpc) is 2.83. The van der Waals surface area contributed by atoms with Crippen LogP contribution in [-0.2, 0) is 11.2 Å². The van der Waals surface area contributed by atoms with Crippen LogP contribution < -0.4 is 5.32 Å². The van der Waals surface area contributed by atoms with E-state index in [0.29, 0.717) is 6.42 Å². The van der Waals surface area contributed by atoms with Crippen LogP contribution in [0.1, 0.15) is 10.7 Å². The molecule has 2 aromatic carbocycles. The largest absolute Gasteiger partial charge is 0.326 e. The minimum absolute atomic E-state index is 0.0365. The molecule has 0 spiro atoms. The lowest BCUT2D eigenvalue weighted by atomic mass is 10.1. The lowest BCUT2D eigenvalue weighted by molar-refractivity contribution is -0.115. The predicted molar refractivity (Wildman–Crippen MR) is 83.1 cm³/mol. The molecule has 0 bridgehead atoms. The standard InChI is InChI=1S/C16H14N2OS/c1-11-17-15(10-20-11)9-16(19)18-14-7-6-12-4-2-3-5-13(12)8-14/h2-8,10H,9H2,1H3,(H,18,19). The van der Waals surface area contributed by atoms with Crippen LogP contribution in [0, 0.1) is 6.92 Å². The Hall–Kier alpha value is -2.20. The Morgan fingerprint density at radius 2 is 2.00 bits per heavy atom. The first kappa shape index (κ1) is 12.8. The Labute approximate surface area is 121 Å². The summed E-state index contributed by atoms with van der Waals surface area (Å²) in [6.07, 6.45) is 0.317. The van der Waals surface area contributed by atoms with Gasteiger partial charge in [0, 0.05) is 11.1 Å². The van der Waals surface area contributed by atoms with E-state index in [1.807, 2.05) is 48.7 Å². The molecule has 0 aliphatic heterocycles. The van der Waals surface area contributed by atoms with Crippen molar-refractivity contribution in [3.05, 3.63) is 58.5 Å². The number of aromatic nitrogens is 1. The minimum Gasteiger partial charge on any atom is -0.326 e. The van der Waals surface area contributed by atoms with Gasteiger partial charge in [0.25, 0.3) is 0 Å². The Kier molecular flexibility index (Phi) is 3.48. The highest BCUT2D eigenvalue weighted by molar-refractivity contribution is 7.09. The van der Waals surface area contributed by atoms with Gasteiger partial charge in [0.1, 0.15) is 0 Å². The smallest absolute Gasteiger partial charge is 0.230 e. The lowest BCUT2D eigenvalue weighted by Gasteiger charge is -2.05. The van der Waals surface area contributed by atoms with Crippen molar-refractivity contribution in [3.8, 4) is 0 Å². The number of hydrogen-bond acceptors (Lipinski definition) is 3. The molecule has 0 unspecified atom stereocenters. The lowest BCUT2D eigenvalue weighted by Crippen LogP contribution is -2.14. The molecule has 0 aliphatic carbocycles. The maximum absolute atomic E-state index is 12.0. The summed E-state index contributed by atoms with van der Waals surface area (Å²) >= 11 is 1.56. The number of hydrogen-bond donors (Lipinski definition) is 1. The zero-order valence-electron chi connectivity index (χ0n) is 11.1. The normalized spacial score (nSPS) is 10.7. The van der Waals surface area contributed by atoms with Gasteiger partial charge in [-0.15, -0.1) is 11.3 Å². The summed E-state index contributed by atoms with van der Waals surface area (Å²) in [5.41, 5.74) is 1.64. The van der Waals surface area contributed by atoms with Gasteiger partial charge in [-0.2, -0.15) is 0 Å². The van der Waals surface area contributed by atoms with Crippen LogP contribution in [0.3, 0.4) is 0 Å². The van der Waals surface area contributed by atoms with E-state index < -0.39 is 0 Å². The van der Waals surface area contributed by atoms with Crippen molar-refractivity contribution in [1.82, 2.24) is 4.98 Å². The molecule has 0 atom stereocenters. The number of nitrogens with zero attached hydrogens (tertiary/aromatic N) is 1. The molecule has 20 heavy (non-hydrogen) atoms. The van der Waals surface area contributed by atoms with Crippen molar-refractivity contribution < 1.29 is 4.79 Å². The molecule has 1 N–H and O–H groups in total. The fourth-order valence-electron chi connectivity index (χ4n) is 2.13. The van der Waals surface area contributed by atoms with Gasteiger partial charge in [0.05, 0.1) is 17.1 Å². The fourth-order valence-corrected chi connectivity index (χ4v) is 2.74. The summed E-state index contributed by atoms with van der Waals surface area (Å²) in [4.78, 5) is 16.3. The van der Waals surface area contributed by atoms with Crippen LogP contribution in [0.5, 0.6) is 0 Å². The molecule has 1 amide bonds. The highest BCUT2D eigenvalue weighted by Crippen LogP contribution is 2.19. The maximum Gasteiger partial charge on any atom is 0.230 e. The van der Waals surface area contributed by atoms with E-state index in [1.165, 1.54) is 5.39 Å². The molecular formula is C16H14N2OS. The van der Waals surface area contributed by atoms with Gasteiger partial charge in [-0.25, -0.2) is 4.98 Å². The zero-order chi connectivity index (χ0) is 13.9. The number of thiazole rings is 1. The van der Waals surface area contributed by atoms with Crippen LogP contribution in [0.2, 0.25) is 0 Å². The number of amides is 1. The predicted octanol–water partition coefficient (Wildman–Crippen LogP) is 3.79. The van der Waals surface area contributed by atoms with Crippen molar-refractivity contribution >= 4 is 33.7 Å². The zero-order valence-corrected chi connectivity index (χ0v) is 11.9. The highest BCUT2D eigenvalue weighted by Gasteiger charge is 2.07. The number of nitrogens with one attached hydrogen (secondary N) is 1. The van der Waals surface area contributed by atoms with Crippen LogP contribution in [-0.4, -0.2) is 10.9 Å². The van der Waals surface area contributed by atoms with Crippen LogP contribution in [0.15, 0.2) is 47.8 Å². The number of anilines is 1. The van der Waals surface area contributed by atoms with Gasteiger partial charge >= 0.3 is 0 Å². The number of aryl methyl sites for hydroxylation is 1. The summed E-state index contributed by atoms with van der Waals surface area (Å²) in [7, 11) is 0. The van der Waals surface area contributed by atoms with Crippen LogP contribution in [0.4, 0.5) is 5.69 Å². The van der Waals surface area contributed by atoms with E-state index in [0.717, 1.165) is 21.8 Å². The summed E-state index contributed by atoms with van der Waals surface area (Å²) in [5, 5.41) is 8.12. The third-order valence-electron chi connectivity index (χ3n) is 3.04. The van der Waals surface area contributed by atoms with Gasteiger partial charge in [-0.1, -0.05) is 30.3 Å². The second-order valence-electron chi connectivity index (χ2n) is 4.64. The monoisotopic (exact) mass is 282 g/mol. The van der Waals surface area contributed by atoms with Crippen LogP contribution in [0.25, 0.3) is 10.8 Å². The third-order valence-corrected chi connectivity index (χ3v) is 3.86.